The Kier molecular flexibility index (Phi) is 4.33. The monoisotopic (exact) mass is 274 g/mol. The molecule has 0 radical (unpaired) electrons. The van der Waals surface area contributed by atoms with E-state index in [2.05, 4.69) is 15.5 Å². The number of aromatic amines is 1. The average molecular weight is 274 g/mol. The molecule has 0 bridgehead atoms. The molecule has 0 spiro atoms. The number of hydrogen-bond donors (Lipinski definition) is 3. The summed E-state index contributed by atoms with van der Waals surface area (Å²) in [7, 11) is -3.13. The second-order valence-corrected chi connectivity index (χ2v) is 6.47. The number of aryl methyl sites for hydroxylation is 1. The van der Waals surface area contributed by atoms with E-state index in [0.29, 0.717) is 17.8 Å². The summed E-state index contributed by atoms with van der Waals surface area (Å²) in [5.74, 6) is -0.594. The number of carbonyl (C=O) groups is 1. The number of rotatable bonds is 5. The minimum Gasteiger partial charge on any atom is -0.395 e. The van der Waals surface area contributed by atoms with Gasteiger partial charge < -0.3 is 11.1 Å². The van der Waals surface area contributed by atoms with Crippen LogP contribution in [0.25, 0.3) is 0 Å². The molecule has 1 rings (SSSR count). The Hall–Kier alpha value is -1.57. The molecule has 1 aromatic rings. The second kappa shape index (κ2) is 5.38. The van der Waals surface area contributed by atoms with E-state index in [-0.39, 0.29) is 11.4 Å². The summed E-state index contributed by atoms with van der Waals surface area (Å²) in [5, 5.41) is 9.05. The summed E-state index contributed by atoms with van der Waals surface area (Å²) in [6.45, 7) is 3.50. The van der Waals surface area contributed by atoms with Crippen molar-refractivity contribution in [3.8, 4) is 0 Å². The first-order valence-corrected chi connectivity index (χ1v) is 7.62. The first kappa shape index (κ1) is 14.5. The number of nitrogens with one attached hydrogen (secondary N) is 2. The third-order valence-corrected chi connectivity index (χ3v) is 3.49. The average Bonchev–Trinajstić information content (AvgIpc) is 2.56. The van der Waals surface area contributed by atoms with Gasteiger partial charge in [-0.2, -0.15) is 5.10 Å². The maximum atomic E-state index is 11.8. The number of nitrogens with two attached hydrogens (primary N) is 1. The van der Waals surface area contributed by atoms with Crippen LogP contribution < -0.4 is 11.1 Å². The minimum absolute atomic E-state index is 0.104. The Morgan fingerprint density at radius 1 is 1.56 bits per heavy atom. The molecule has 0 fully saturated rings. The highest BCUT2D eigenvalue weighted by atomic mass is 32.2. The highest BCUT2D eigenvalue weighted by Crippen LogP contribution is 2.14. The third kappa shape index (κ3) is 3.73. The smallest absolute Gasteiger partial charge is 0.274 e. The first-order chi connectivity index (χ1) is 8.24. The van der Waals surface area contributed by atoms with E-state index >= 15 is 0 Å². The predicted octanol–water partition coefficient (Wildman–Crippen LogP) is -0.283. The quantitative estimate of drug-likeness (QED) is 0.682. The van der Waals surface area contributed by atoms with Gasteiger partial charge in [-0.3, -0.25) is 9.89 Å². The molecule has 1 amide bonds. The van der Waals surface area contributed by atoms with Gasteiger partial charge in [-0.05, 0) is 13.3 Å². The summed E-state index contributed by atoms with van der Waals surface area (Å²) in [6.07, 6.45) is 1.76. The summed E-state index contributed by atoms with van der Waals surface area (Å²) >= 11 is 0. The Labute approximate surface area is 106 Å². The van der Waals surface area contributed by atoms with Crippen LogP contribution in [0.2, 0.25) is 0 Å². The molecule has 0 saturated heterocycles. The zero-order chi connectivity index (χ0) is 13.9. The maximum absolute atomic E-state index is 11.8. The van der Waals surface area contributed by atoms with Crippen LogP contribution in [0.1, 0.15) is 30.0 Å². The lowest BCUT2D eigenvalue weighted by Crippen LogP contribution is -2.37. The number of amides is 1. The first-order valence-electron chi connectivity index (χ1n) is 5.56. The van der Waals surface area contributed by atoms with Gasteiger partial charge in [0.05, 0.1) is 17.1 Å². The van der Waals surface area contributed by atoms with Crippen LogP contribution in [0.15, 0.2) is 0 Å². The normalized spacial score (nSPS) is 13.3. The summed E-state index contributed by atoms with van der Waals surface area (Å²) < 4.78 is 22.2. The van der Waals surface area contributed by atoms with E-state index in [4.69, 9.17) is 5.73 Å². The SMILES string of the molecule is CCc1[nH]nc(C(=O)NC(C)CS(C)(=O)=O)c1N. The van der Waals surface area contributed by atoms with Crippen molar-refractivity contribution in [2.24, 2.45) is 0 Å². The molecule has 0 aliphatic heterocycles. The highest BCUT2D eigenvalue weighted by molar-refractivity contribution is 7.90. The number of H-pyrrole nitrogens is 1. The number of sulfone groups is 1. The standard InChI is InChI=1S/C10H18N4O3S/c1-4-7-8(11)9(14-13-7)10(15)12-6(2)5-18(3,16)17/h6H,4-5,11H2,1-3H3,(H,12,15)(H,13,14). The van der Waals surface area contributed by atoms with Crippen molar-refractivity contribution in [3.05, 3.63) is 11.4 Å². The van der Waals surface area contributed by atoms with Crippen molar-refractivity contribution >= 4 is 21.4 Å². The lowest BCUT2D eigenvalue weighted by Gasteiger charge is -2.11. The van der Waals surface area contributed by atoms with E-state index in [1.54, 1.807) is 6.92 Å². The molecule has 18 heavy (non-hydrogen) atoms. The van der Waals surface area contributed by atoms with Gasteiger partial charge in [-0.15, -0.1) is 0 Å². The molecule has 1 atom stereocenters. The Bertz CT molecular complexity index is 535. The number of anilines is 1. The van der Waals surface area contributed by atoms with Crippen LogP contribution in [0, 0.1) is 0 Å². The van der Waals surface area contributed by atoms with Crippen molar-refractivity contribution < 1.29 is 13.2 Å². The molecule has 1 aromatic heterocycles. The minimum atomic E-state index is -3.13. The molecule has 0 saturated carbocycles. The van der Waals surface area contributed by atoms with E-state index in [0.717, 1.165) is 6.26 Å². The molecule has 1 unspecified atom stereocenters. The number of nitrogen functional groups attached to an aromatic ring is 1. The Morgan fingerprint density at radius 3 is 2.61 bits per heavy atom. The van der Waals surface area contributed by atoms with Gasteiger partial charge in [0.1, 0.15) is 9.84 Å². The van der Waals surface area contributed by atoms with Gasteiger partial charge in [0, 0.05) is 12.3 Å². The Morgan fingerprint density at radius 2 is 2.17 bits per heavy atom. The molecule has 102 valence electrons. The van der Waals surface area contributed by atoms with Gasteiger partial charge in [-0.1, -0.05) is 6.92 Å². The van der Waals surface area contributed by atoms with Crippen LogP contribution in [0.5, 0.6) is 0 Å². The van der Waals surface area contributed by atoms with Gasteiger partial charge in [0.2, 0.25) is 0 Å². The molecular formula is C10H18N4O3S. The van der Waals surface area contributed by atoms with Crippen LogP contribution in [-0.4, -0.2) is 42.6 Å². The van der Waals surface area contributed by atoms with Crippen molar-refractivity contribution in [2.45, 2.75) is 26.3 Å². The third-order valence-electron chi connectivity index (χ3n) is 2.38. The molecule has 4 N–H and O–H groups in total. The summed E-state index contributed by atoms with van der Waals surface area (Å²) in [6, 6.07) is -0.492. The van der Waals surface area contributed by atoms with Gasteiger partial charge in [-0.25, -0.2) is 8.42 Å². The number of carbonyl (C=O) groups excluding carboxylic acids is 1. The Balaban J connectivity index is 2.74. The van der Waals surface area contributed by atoms with Gasteiger partial charge >= 0.3 is 0 Å². The fourth-order valence-electron chi connectivity index (χ4n) is 1.62. The summed E-state index contributed by atoms with van der Waals surface area (Å²) in [4.78, 5) is 11.8. The zero-order valence-corrected chi connectivity index (χ0v) is 11.5. The van der Waals surface area contributed by atoms with Crippen LogP contribution in [-0.2, 0) is 16.3 Å². The second-order valence-electron chi connectivity index (χ2n) is 4.28. The topological polar surface area (TPSA) is 118 Å². The van der Waals surface area contributed by atoms with Crippen molar-refractivity contribution in [2.75, 3.05) is 17.7 Å². The molecule has 0 aliphatic rings. The van der Waals surface area contributed by atoms with Gasteiger partial charge in [0.25, 0.3) is 5.91 Å². The predicted molar refractivity (Wildman–Crippen MR) is 69.0 cm³/mol. The zero-order valence-electron chi connectivity index (χ0n) is 10.6. The van der Waals surface area contributed by atoms with Crippen molar-refractivity contribution in [1.82, 2.24) is 15.5 Å². The largest absolute Gasteiger partial charge is 0.395 e. The van der Waals surface area contributed by atoms with E-state index in [1.807, 2.05) is 6.92 Å². The molecule has 1 heterocycles. The van der Waals surface area contributed by atoms with E-state index < -0.39 is 21.8 Å². The van der Waals surface area contributed by atoms with Crippen LogP contribution >= 0.6 is 0 Å². The molecular weight excluding hydrogens is 256 g/mol. The molecule has 7 nitrogen and oxygen atoms in total. The number of aromatic nitrogens is 2. The van der Waals surface area contributed by atoms with Crippen LogP contribution in [0.3, 0.4) is 0 Å². The van der Waals surface area contributed by atoms with E-state index in [1.165, 1.54) is 0 Å². The fraction of sp³-hybridized carbons (Fsp3) is 0.600. The maximum Gasteiger partial charge on any atom is 0.274 e. The fourth-order valence-corrected chi connectivity index (χ4v) is 2.61. The van der Waals surface area contributed by atoms with Crippen molar-refractivity contribution in [1.29, 1.82) is 0 Å². The highest BCUT2D eigenvalue weighted by Gasteiger charge is 2.19. The lowest BCUT2D eigenvalue weighted by atomic mass is 10.2. The molecule has 8 heteroatoms. The van der Waals surface area contributed by atoms with Gasteiger partial charge in [0.15, 0.2) is 5.69 Å². The summed E-state index contributed by atoms with van der Waals surface area (Å²) in [5.41, 5.74) is 6.85. The number of nitrogens with zero attached hydrogens (tertiary/aromatic N) is 1. The van der Waals surface area contributed by atoms with Crippen LogP contribution in [0.4, 0.5) is 5.69 Å². The number of hydrogen-bond acceptors (Lipinski definition) is 5. The molecule has 0 aliphatic carbocycles. The lowest BCUT2D eigenvalue weighted by molar-refractivity contribution is 0.0939. The van der Waals surface area contributed by atoms with Crippen molar-refractivity contribution in [3.63, 3.8) is 0 Å². The van der Waals surface area contributed by atoms with E-state index in [9.17, 15) is 13.2 Å². The molecule has 0 aromatic carbocycles.